The topological polar surface area (TPSA) is 60.8 Å². The number of aliphatic hydroxyl groups excluding tert-OH is 1. The predicted octanol–water partition coefficient (Wildman–Crippen LogP) is 2.54. The molecule has 0 radical (unpaired) electrons. The van der Waals surface area contributed by atoms with Gasteiger partial charge in [-0.05, 0) is 17.2 Å². The van der Waals surface area contributed by atoms with Crippen molar-refractivity contribution in [2.45, 2.75) is 6.10 Å². The van der Waals surface area contributed by atoms with E-state index in [1.54, 1.807) is 12.1 Å². The van der Waals surface area contributed by atoms with Crippen LogP contribution in [0.15, 0.2) is 48.5 Å². The van der Waals surface area contributed by atoms with Crippen LogP contribution in [0.4, 0.5) is 5.69 Å². The fourth-order valence-corrected chi connectivity index (χ4v) is 2.10. The molecule has 4 nitrogen and oxygen atoms in total. The van der Waals surface area contributed by atoms with Gasteiger partial charge in [-0.1, -0.05) is 42.5 Å². The molecule has 0 aliphatic carbocycles. The van der Waals surface area contributed by atoms with Gasteiger partial charge in [-0.3, -0.25) is 0 Å². The predicted molar refractivity (Wildman–Crippen MR) is 78.8 cm³/mol. The molecular weight excluding hydrogens is 254 g/mol. The van der Waals surface area contributed by atoms with Gasteiger partial charge in [0, 0.05) is 25.3 Å². The van der Waals surface area contributed by atoms with Crippen molar-refractivity contribution in [3.63, 3.8) is 0 Å². The summed E-state index contributed by atoms with van der Waals surface area (Å²) in [6, 6.07) is 14.9. The van der Waals surface area contributed by atoms with Crippen molar-refractivity contribution < 1.29 is 15.0 Å². The third-order valence-corrected chi connectivity index (χ3v) is 3.16. The van der Waals surface area contributed by atoms with Crippen molar-refractivity contribution in [1.29, 1.82) is 0 Å². The molecule has 2 aromatic rings. The van der Waals surface area contributed by atoms with E-state index in [2.05, 4.69) is 0 Å². The Hall–Kier alpha value is -2.33. The van der Waals surface area contributed by atoms with Crippen LogP contribution >= 0.6 is 0 Å². The average molecular weight is 271 g/mol. The number of carboxylic acids is 1. The van der Waals surface area contributed by atoms with Crippen molar-refractivity contribution >= 4 is 11.7 Å². The smallest absolute Gasteiger partial charge is 0.337 e. The Kier molecular flexibility index (Phi) is 4.05. The van der Waals surface area contributed by atoms with Crippen LogP contribution in [0.25, 0.3) is 11.1 Å². The van der Waals surface area contributed by atoms with Crippen molar-refractivity contribution in [2.75, 3.05) is 19.0 Å². The number of aliphatic carboxylic acids is 1. The SMILES string of the molecule is CN(C)c1ccccc1-c1ccc(C(O)C(=O)O)cc1. The molecule has 4 heteroatoms. The van der Waals surface area contributed by atoms with Gasteiger partial charge < -0.3 is 15.1 Å². The van der Waals surface area contributed by atoms with E-state index in [4.69, 9.17) is 5.11 Å². The Balaban J connectivity index is 2.38. The molecule has 0 saturated heterocycles. The Labute approximate surface area is 117 Å². The van der Waals surface area contributed by atoms with Gasteiger partial charge in [-0.15, -0.1) is 0 Å². The highest BCUT2D eigenvalue weighted by Crippen LogP contribution is 2.30. The Morgan fingerprint density at radius 2 is 1.65 bits per heavy atom. The summed E-state index contributed by atoms with van der Waals surface area (Å²) in [4.78, 5) is 12.8. The molecule has 20 heavy (non-hydrogen) atoms. The fraction of sp³-hybridized carbons (Fsp3) is 0.188. The molecular formula is C16H17NO3. The summed E-state index contributed by atoms with van der Waals surface area (Å²) in [6.45, 7) is 0. The monoisotopic (exact) mass is 271 g/mol. The maximum atomic E-state index is 10.7. The lowest BCUT2D eigenvalue weighted by Crippen LogP contribution is -2.10. The molecule has 0 spiro atoms. The van der Waals surface area contributed by atoms with Crippen molar-refractivity contribution in [3.8, 4) is 11.1 Å². The lowest BCUT2D eigenvalue weighted by Gasteiger charge is -2.17. The van der Waals surface area contributed by atoms with Gasteiger partial charge in [0.15, 0.2) is 6.10 Å². The molecule has 0 heterocycles. The molecule has 2 N–H and O–H groups in total. The molecule has 0 amide bonds. The van der Waals surface area contributed by atoms with E-state index in [0.29, 0.717) is 5.56 Å². The molecule has 0 aliphatic rings. The zero-order chi connectivity index (χ0) is 14.7. The van der Waals surface area contributed by atoms with E-state index in [1.165, 1.54) is 0 Å². The Bertz CT molecular complexity index is 605. The second kappa shape index (κ2) is 5.75. The first-order chi connectivity index (χ1) is 9.50. The summed E-state index contributed by atoms with van der Waals surface area (Å²) in [5.74, 6) is -1.24. The zero-order valence-corrected chi connectivity index (χ0v) is 11.4. The third-order valence-electron chi connectivity index (χ3n) is 3.16. The van der Waals surface area contributed by atoms with E-state index in [1.807, 2.05) is 55.4 Å². The normalized spacial score (nSPS) is 11.9. The van der Waals surface area contributed by atoms with Gasteiger partial charge in [0.05, 0.1) is 0 Å². The number of carbonyl (C=O) groups is 1. The number of anilines is 1. The molecule has 2 rings (SSSR count). The van der Waals surface area contributed by atoms with Crippen molar-refractivity contribution in [3.05, 3.63) is 54.1 Å². The second-order valence-electron chi connectivity index (χ2n) is 4.77. The number of rotatable bonds is 4. The van der Waals surface area contributed by atoms with Crippen LogP contribution in [0.3, 0.4) is 0 Å². The molecule has 0 aliphatic heterocycles. The van der Waals surface area contributed by atoms with E-state index in [-0.39, 0.29) is 0 Å². The van der Waals surface area contributed by atoms with Gasteiger partial charge in [0.1, 0.15) is 0 Å². The Morgan fingerprint density at radius 1 is 1.05 bits per heavy atom. The summed E-state index contributed by atoms with van der Waals surface area (Å²) in [5, 5.41) is 18.3. The van der Waals surface area contributed by atoms with Gasteiger partial charge in [0.25, 0.3) is 0 Å². The Morgan fingerprint density at radius 3 is 2.20 bits per heavy atom. The van der Waals surface area contributed by atoms with E-state index < -0.39 is 12.1 Å². The van der Waals surface area contributed by atoms with Crippen LogP contribution < -0.4 is 4.90 Å². The number of hydrogen-bond acceptors (Lipinski definition) is 3. The largest absolute Gasteiger partial charge is 0.479 e. The quantitative estimate of drug-likeness (QED) is 0.897. The molecule has 0 bridgehead atoms. The van der Waals surface area contributed by atoms with Crippen LogP contribution in [0.2, 0.25) is 0 Å². The molecule has 0 fully saturated rings. The summed E-state index contributed by atoms with van der Waals surface area (Å²) >= 11 is 0. The lowest BCUT2D eigenvalue weighted by molar-refractivity contribution is -0.146. The van der Waals surface area contributed by atoms with Gasteiger partial charge in [-0.25, -0.2) is 4.79 Å². The lowest BCUT2D eigenvalue weighted by atomic mass is 10.00. The molecule has 1 unspecified atom stereocenters. The highest BCUT2D eigenvalue weighted by molar-refractivity contribution is 5.79. The molecule has 2 aromatic carbocycles. The molecule has 0 saturated carbocycles. The number of benzene rings is 2. The minimum absolute atomic E-state index is 0.378. The van der Waals surface area contributed by atoms with Crippen LogP contribution in [-0.2, 0) is 4.79 Å². The van der Waals surface area contributed by atoms with E-state index in [0.717, 1.165) is 16.8 Å². The number of nitrogens with zero attached hydrogens (tertiary/aromatic N) is 1. The number of para-hydroxylation sites is 1. The summed E-state index contributed by atoms with van der Waals surface area (Å²) < 4.78 is 0. The molecule has 0 aromatic heterocycles. The summed E-state index contributed by atoms with van der Waals surface area (Å²) in [5.41, 5.74) is 3.51. The first-order valence-corrected chi connectivity index (χ1v) is 6.28. The first-order valence-electron chi connectivity index (χ1n) is 6.28. The molecule has 104 valence electrons. The number of carboxylic acid groups (broad SMARTS) is 1. The number of hydrogen-bond donors (Lipinski definition) is 2. The minimum atomic E-state index is -1.48. The number of aliphatic hydroxyl groups is 1. The van der Waals surface area contributed by atoms with E-state index >= 15 is 0 Å². The second-order valence-corrected chi connectivity index (χ2v) is 4.77. The van der Waals surface area contributed by atoms with Crippen LogP contribution in [0.5, 0.6) is 0 Å². The van der Waals surface area contributed by atoms with Gasteiger partial charge in [-0.2, -0.15) is 0 Å². The summed E-state index contributed by atoms with van der Waals surface area (Å²) in [6.07, 6.45) is -1.48. The van der Waals surface area contributed by atoms with Crippen molar-refractivity contribution in [2.24, 2.45) is 0 Å². The minimum Gasteiger partial charge on any atom is -0.479 e. The highest BCUT2D eigenvalue weighted by atomic mass is 16.4. The van der Waals surface area contributed by atoms with Crippen LogP contribution in [-0.4, -0.2) is 30.3 Å². The first kappa shape index (κ1) is 14.1. The average Bonchev–Trinajstić information content (AvgIpc) is 2.46. The maximum absolute atomic E-state index is 10.7. The molecule has 1 atom stereocenters. The summed E-state index contributed by atoms with van der Waals surface area (Å²) in [7, 11) is 3.95. The van der Waals surface area contributed by atoms with Crippen LogP contribution in [0, 0.1) is 0 Å². The highest BCUT2D eigenvalue weighted by Gasteiger charge is 2.15. The zero-order valence-electron chi connectivity index (χ0n) is 11.4. The van der Waals surface area contributed by atoms with Gasteiger partial charge >= 0.3 is 5.97 Å². The van der Waals surface area contributed by atoms with Crippen molar-refractivity contribution in [1.82, 2.24) is 0 Å². The maximum Gasteiger partial charge on any atom is 0.337 e. The van der Waals surface area contributed by atoms with Crippen LogP contribution in [0.1, 0.15) is 11.7 Å². The fourth-order valence-electron chi connectivity index (χ4n) is 2.10. The van der Waals surface area contributed by atoms with Gasteiger partial charge in [0.2, 0.25) is 0 Å². The third kappa shape index (κ3) is 2.81. The standard InChI is InChI=1S/C16H17NO3/c1-17(2)14-6-4-3-5-13(14)11-7-9-12(10-8-11)15(18)16(19)20/h3-10,15,18H,1-2H3,(H,19,20). The van der Waals surface area contributed by atoms with E-state index in [9.17, 15) is 9.90 Å².